The van der Waals surface area contributed by atoms with Crippen molar-refractivity contribution in [2.24, 2.45) is 16.0 Å². The molecule has 0 aromatic rings. The molecule has 0 aromatic carbocycles. The Bertz CT molecular complexity index is 49.7. The van der Waals surface area contributed by atoms with Gasteiger partial charge in [-0.2, -0.15) is 0 Å². The van der Waals surface area contributed by atoms with Gasteiger partial charge >= 0.3 is 0 Å². The second-order valence-corrected chi connectivity index (χ2v) is 0.224. The van der Waals surface area contributed by atoms with E-state index in [-0.39, 0.29) is 19.8 Å². The predicted molar refractivity (Wildman–Crippen MR) is 27.5 cm³/mol. The molecule has 0 aliphatic carbocycles. The molecule has 0 heterocycles. The normalized spacial score (nSPS) is 3.60. The molecule has 0 aliphatic rings. The molecule has 0 N–H and O–H groups in total. The fourth-order valence-electron chi connectivity index (χ4n) is 0. The van der Waals surface area contributed by atoms with Crippen LogP contribution < -0.4 is 0 Å². The van der Waals surface area contributed by atoms with Gasteiger partial charge in [-0.05, 0) is 0 Å². The van der Waals surface area contributed by atoms with Crippen LogP contribution in [0.5, 0.6) is 0 Å². The van der Waals surface area contributed by atoms with Crippen LogP contribution in [-0.2, 0) is 19.8 Å². The molecule has 0 fully saturated rings. The Labute approximate surface area is 66.9 Å². The molecule has 62 valence electrons. The summed E-state index contributed by atoms with van der Waals surface area (Å²) in [6.07, 6.45) is 0. The van der Waals surface area contributed by atoms with E-state index >= 15 is 0 Å². The molecule has 9 nitrogen and oxygen atoms in total. The third-order valence-electron chi connectivity index (χ3n) is 0. The van der Waals surface area contributed by atoms with Crippen molar-refractivity contribution in [3.63, 3.8) is 0 Å². The zero-order valence-electron chi connectivity index (χ0n) is 4.14. The monoisotopic (exact) mass is 330 g/mol. The van der Waals surface area contributed by atoms with Gasteiger partial charge in [-0.15, -0.1) is 16.0 Å². The van der Waals surface area contributed by atoms with Gasteiger partial charge in [0.15, 0.2) is 0 Å². The summed E-state index contributed by atoms with van der Waals surface area (Å²) in [5, 5.41) is 27.0. The molecule has 0 spiro atoms. The first-order valence-corrected chi connectivity index (χ1v) is 1.10. The Hall–Kier alpha value is -1.16. The molecule has 0 radical (unpaired) electrons. The molecule has 0 saturated carbocycles. The van der Waals surface area contributed by atoms with Gasteiger partial charge in [-0.1, -0.05) is 0 Å². The maximum absolute atomic E-state index is 8.00. The minimum absolute atomic E-state index is 0. The first-order chi connectivity index (χ1) is 4.24. The topological polar surface area (TPSA) is 157 Å². The molecule has 0 unspecified atom stereocenters. The summed E-state index contributed by atoms with van der Waals surface area (Å²) >= 11 is 0. The van der Waals surface area contributed by atoms with Gasteiger partial charge in [0.25, 0.3) is 0 Å². The summed E-state index contributed by atoms with van der Waals surface area (Å²) in [7, 11) is 0. The standard InChI is InChI=1S/3HNO2.Os/c3*2-1-3;/h3*(H,2,3);/p-3. The second-order valence-electron chi connectivity index (χ2n) is 0.224. The Morgan fingerprint density at radius 2 is 0.700 bits per heavy atom. The third-order valence-corrected chi connectivity index (χ3v) is 0. The Morgan fingerprint density at radius 1 is 0.700 bits per heavy atom. The van der Waals surface area contributed by atoms with Gasteiger partial charge in [-0.25, -0.2) is 0 Å². The van der Waals surface area contributed by atoms with Crippen molar-refractivity contribution in [2.45, 2.75) is 0 Å². The number of nitrogens with zero attached hydrogens (tertiary/aromatic N) is 3. The van der Waals surface area contributed by atoms with Crippen LogP contribution in [0.1, 0.15) is 0 Å². The van der Waals surface area contributed by atoms with E-state index in [4.69, 9.17) is 30.3 Å². The predicted octanol–water partition coefficient (Wildman–Crippen LogP) is 0.749. The van der Waals surface area contributed by atoms with Gasteiger partial charge in [0.2, 0.25) is 0 Å². The summed E-state index contributed by atoms with van der Waals surface area (Å²) < 4.78 is 0. The van der Waals surface area contributed by atoms with E-state index in [0.29, 0.717) is 0 Å². The first kappa shape index (κ1) is 23.2. The van der Waals surface area contributed by atoms with E-state index in [9.17, 15) is 0 Å². The minimum atomic E-state index is 0. The Balaban J connectivity index is -0.0000000257. The molecule has 0 amide bonds. The van der Waals surface area contributed by atoms with E-state index in [2.05, 4.69) is 0 Å². The summed E-state index contributed by atoms with van der Waals surface area (Å²) in [4.78, 5) is 24.0. The van der Waals surface area contributed by atoms with Crippen LogP contribution in [0, 0.1) is 30.3 Å². The molecular weight excluding hydrogens is 328 g/mol. The SMILES string of the molecule is O=N[O-].O=N[O-].O=N[O-].[Os]. The van der Waals surface area contributed by atoms with Gasteiger partial charge in [0.1, 0.15) is 0 Å². The van der Waals surface area contributed by atoms with Crippen LogP contribution in [0.2, 0.25) is 0 Å². The van der Waals surface area contributed by atoms with Gasteiger partial charge in [0, 0.05) is 19.8 Å². The smallest absolute Gasteiger partial charge is 0 e. The summed E-state index contributed by atoms with van der Waals surface area (Å²) in [5.74, 6) is 0. The average molecular weight is 328 g/mol. The molecule has 0 bridgehead atoms. The molecule has 0 atom stereocenters. The van der Waals surface area contributed by atoms with Crippen molar-refractivity contribution >= 4 is 0 Å². The van der Waals surface area contributed by atoms with Crippen LogP contribution in [0.3, 0.4) is 0 Å². The molecule has 0 saturated heterocycles. The van der Waals surface area contributed by atoms with Crippen LogP contribution in [-0.4, -0.2) is 0 Å². The van der Waals surface area contributed by atoms with E-state index < -0.39 is 0 Å². The zero-order valence-corrected chi connectivity index (χ0v) is 6.69. The first-order valence-electron chi connectivity index (χ1n) is 1.10. The Kier molecular flexibility index (Phi) is 252. The van der Waals surface area contributed by atoms with Crippen molar-refractivity contribution in [3.05, 3.63) is 30.3 Å². The average Bonchev–Trinajstić information content (AvgIpc) is 1.70. The molecule has 10 heteroatoms. The minimum Gasteiger partial charge on any atom is -0.444 e. The number of rotatable bonds is 0. The largest absolute Gasteiger partial charge is 0.444 e. The van der Waals surface area contributed by atoms with Gasteiger partial charge < -0.3 is 30.3 Å². The van der Waals surface area contributed by atoms with Gasteiger partial charge in [0.05, 0.1) is 0 Å². The van der Waals surface area contributed by atoms with E-state index in [1.165, 1.54) is 0 Å². The fourth-order valence-corrected chi connectivity index (χ4v) is 0. The zero-order chi connectivity index (χ0) is 8.12. The van der Waals surface area contributed by atoms with E-state index in [1.54, 1.807) is 0 Å². The van der Waals surface area contributed by atoms with Crippen LogP contribution >= 0.6 is 0 Å². The van der Waals surface area contributed by atoms with Crippen molar-refractivity contribution < 1.29 is 19.8 Å². The van der Waals surface area contributed by atoms with Crippen molar-refractivity contribution in [2.75, 3.05) is 0 Å². The molecule has 0 aliphatic heterocycles. The number of hydrogen-bond donors (Lipinski definition) is 0. The van der Waals surface area contributed by atoms with Crippen LogP contribution in [0.15, 0.2) is 16.0 Å². The molecule has 0 rings (SSSR count). The van der Waals surface area contributed by atoms with Crippen LogP contribution in [0.4, 0.5) is 0 Å². The van der Waals surface area contributed by atoms with E-state index in [1.807, 2.05) is 0 Å². The van der Waals surface area contributed by atoms with Crippen molar-refractivity contribution in [1.82, 2.24) is 0 Å². The fraction of sp³-hybridized carbons (Fsp3) is 0. The molecule has 0 aromatic heterocycles. The summed E-state index contributed by atoms with van der Waals surface area (Å²) in [6.45, 7) is 0. The summed E-state index contributed by atoms with van der Waals surface area (Å²) in [5.41, 5.74) is 0. The molecular formula is N3O6Os-3. The Morgan fingerprint density at radius 3 is 0.700 bits per heavy atom. The number of hydrogen-bond acceptors (Lipinski definition) is 9. The second kappa shape index (κ2) is 109. The van der Waals surface area contributed by atoms with Crippen molar-refractivity contribution in [3.8, 4) is 0 Å². The maximum atomic E-state index is 8.00. The quantitative estimate of drug-likeness (QED) is 0.471. The van der Waals surface area contributed by atoms with Gasteiger partial charge in [-0.3, -0.25) is 0 Å². The van der Waals surface area contributed by atoms with E-state index in [0.717, 1.165) is 16.0 Å². The van der Waals surface area contributed by atoms with Crippen molar-refractivity contribution in [1.29, 1.82) is 0 Å². The van der Waals surface area contributed by atoms with Crippen LogP contribution in [0.25, 0.3) is 0 Å². The maximum Gasteiger partial charge on any atom is 0 e. The third kappa shape index (κ3) is 172. The molecule has 10 heavy (non-hydrogen) atoms. The summed E-state index contributed by atoms with van der Waals surface area (Å²) in [6, 6.07) is 0.